The zero-order valence-electron chi connectivity index (χ0n) is 16.1. The van der Waals surface area contributed by atoms with Crippen molar-refractivity contribution in [3.05, 3.63) is 36.7 Å². The van der Waals surface area contributed by atoms with Crippen LogP contribution in [0, 0.1) is 0 Å². The summed E-state index contributed by atoms with van der Waals surface area (Å²) in [5.74, 6) is 1.83. The van der Waals surface area contributed by atoms with Gasteiger partial charge in [0.15, 0.2) is 0 Å². The second kappa shape index (κ2) is 8.85. The molecule has 2 aromatic rings. The van der Waals surface area contributed by atoms with Gasteiger partial charge in [-0.3, -0.25) is 0 Å². The number of nitrogens with zero attached hydrogens (tertiary/aromatic N) is 5. The number of aromatic nitrogens is 2. The molecule has 1 aliphatic rings. The van der Waals surface area contributed by atoms with E-state index in [9.17, 15) is 0 Å². The van der Waals surface area contributed by atoms with E-state index in [-0.39, 0.29) is 0 Å². The summed E-state index contributed by atoms with van der Waals surface area (Å²) >= 11 is 0. The first-order valence-corrected chi connectivity index (χ1v) is 9.64. The first-order chi connectivity index (χ1) is 12.7. The fourth-order valence-electron chi connectivity index (χ4n) is 3.37. The van der Waals surface area contributed by atoms with E-state index in [4.69, 9.17) is 0 Å². The Morgan fingerprint density at radius 3 is 2.27 bits per heavy atom. The lowest BCUT2D eigenvalue weighted by Gasteiger charge is -2.34. The van der Waals surface area contributed by atoms with Crippen molar-refractivity contribution in [2.45, 2.75) is 20.8 Å². The number of likely N-dealkylation sites (N-methyl/N-ethyl adjacent to an activating group) is 1. The van der Waals surface area contributed by atoms with Gasteiger partial charge in [-0.05, 0) is 44.7 Å². The smallest absolute Gasteiger partial charge is 0.135 e. The first-order valence-electron chi connectivity index (χ1n) is 9.64. The zero-order valence-corrected chi connectivity index (χ0v) is 16.1. The first kappa shape index (κ1) is 18.5. The van der Waals surface area contributed by atoms with Crippen molar-refractivity contribution in [2.75, 3.05) is 60.9 Å². The minimum absolute atomic E-state index is 0.837. The number of piperazine rings is 1. The lowest BCUT2D eigenvalue weighted by molar-refractivity contribution is 0.270. The molecule has 1 N–H and O–H groups in total. The van der Waals surface area contributed by atoms with Crippen LogP contribution in [0.5, 0.6) is 0 Å². The Hall–Kier alpha value is -2.34. The Kier molecular flexibility index (Phi) is 6.28. The van der Waals surface area contributed by atoms with Crippen molar-refractivity contribution < 1.29 is 0 Å². The molecule has 1 fully saturated rings. The topological polar surface area (TPSA) is 47.5 Å². The Labute approximate surface area is 156 Å². The molecule has 0 amide bonds. The molecule has 0 spiro atoms. The van der Waals surface area contributed by atoms with Crippen LogP contribution in [0.25, 0.3) is 0 Å². The maximum Gasteiger partial charge on any atom is 0.135 e. The van der Waals surface area contributed by atoms with Gasteiger partial charge in [0.25, 0.3) is 0 Å². The maximum absolute atomic E-state index is 4.46. The summed E-state index contributed by atoms with van der Waals surface area (Å²) in [6, 6.07) is 10.6. The highest BCUT2D eigenvalue weighted by atomic mass is 15.3. The lowest BCUT2D eigenvalue weighted by atomic mass is 10.2. The van der Waals surface area contributed by atoms with Gasteiger partial charge in [-0.25, -0.2) is 9.97 Å². The normalized spacial score (nSPS) is 15.1. The highest BCUT2D eigenvalue weighted by Crippen LogP contribution is 2.22. The van der Waals surface area contributed by atoms with Crippen LogP contribution in [0.2, 0.25) is 0 Å². The summed E-state index contributed by atoms with van der Waals surface area (Å²) in [6.45, 7) is 13.9. The maximum atomic E-state index is 4.46. The number of anilines is 4. The average molecular weight is 355 g/mol. The third kappa shape index (κ3) is 4.43. The van der Waals surface area contributed by atoms with Crippen LogP contribution in [0.15, 0.2) is 36.7 Å². The minimum Gasteiger partial charge on any atom is -0.372 e. The molecule has 0 bridgehead atoms. The van der Waals surface area contributed by atoms with E-state index in [0.29, 0.717) is 0 Å². The second-order valence-electron chi connectivity index (χ2n) is 6.53. The standard InChI is InChI=1S/C20H30N6/c1-4-24-11-13-26(14-12-24)20-15-19(21-16-22-20)23-17-7-9-18(10-8-17)25(5-2)6-3/h7-10,15-16H,4-6,11-14H2,1-3H3,(H,21,22,23). The molecule has 1 aromatic carbocycles. The highest BCUT2D eigenvalue weighted by Gasteiger charge is 2.17. The van der Waals surface area contributed by atoms with Crippen LogP contribution in [0.4, 0.5) is 23.0 Å². The van der Waals surface area contributed by atoms with Crippen molar-refractivity contribution in [3.8, 4) is 0 Å². The zero-order chi connectivity index (χ0) is 18.4. The van der Waals surface area contributed by atoms with Gasteiger partial charge in [-0.15, -0.1) is 0 Å². The van der Waals surface area contributed by atoms with Crippen LogP contribution in [-0.4, -0.2) is 60.7 Å². The molecular weight excluding hydrogens is 324 g/mol. The van der Waals surface area contributed by atoms with Gasteiger partial charge in [0.1, 0.15) is 18.0 Å². The average Bonchev–Trinajstić information content (AvgIpc) is 2.70. The molecule has 0 unspecified atom stereocenters. The molecule has 2 heterocycles. The summed E-state index contributed by atoms with van der Waals surface area (Å²) in [5, 5.41) is 3.40. The van der Waals surface area contributed by atoms with Gasteiger partial charge in [-0.1, -0.05) is 6.92 Å². The third-order valence-corrected chi connectivity index (χ3v) is 5.06. The predicted octanol–water partition coefficient (Wildman–Crippen LogP) is 3.21. The summed E-state index contributed by atoms with van der Waals surface area (Å²) < 4.78 is 0. The molecule has 0 saturated carbocycles. The molecule has 0 aliphatic carbocycles. The van der Waals surface area contributed by atoms with Gasteiger partial charge in [0.05, 0.1) is 0 Å². The van der Waals surface area contributed by atoms with Crippen molar-refractivity contribution in [2.24, 2.45) is 0 Å². The molecule has 140 valence electrons. The van der Waals surface area contributed by atoms with Crippen LogP contribution >= 0.6 is 0 Å². The Balaban J connectivity index is 1.65. The summed E-state index contributed by atoms with van der Waals surface area (Å²) in [6.07, 6.45) is 1.65. The van der Waals surface area contributed by atoms with Crippen LogP contribution in [0.1, 0.15) is 20.8 Å². The van der Waals surface area contributed by atoms with Gasteiger partial charge < -0.3 is 20.0 Å². The van der Waals surface area contributed by atoms with E-state index < -0.39 is 0 Å². The number of nitrogens with one attached hydrogen (secondary N) is 1. The fourth-order valence-corrected chi connectivity index (χ4v) is 3.37. The van der Waals surface area contributed by atoms with Crippen molar-refractivity contribution in [3.63, 3.8) is 0 Å². The summed E-state index contributed by atoms with van der Waals surface area (Å²) in [5.41, 5.74) is 2.29. The minimum atomic E-state index is 0.837. The van der Waals surface area contributed by atoms with Crippen LogP contribution in [0.3, 0.4) is 0 Å². The van der Waals surface area contributed by atoms with Crippen molar-refractivity contribution in [1.29, 1.82) is 0 Å². The van der Waals surface area contributed by atoms with Crippen molar-refractivity contribution >= 4 is 23.0 Å². The molecule has 1 saturated heterocycles. The molecule has 26 heavy (non-hydrogen) atoms. The molecule has 1 aromatic heterocycles. The summed E-state index contributed by atoms with van der Waals surface area (Å²) in [4.78, 5) is 16.0. The Bertz CT molecular complexity index is 675. The van der Waals surface area contributed by atoms with Crippen LogP contribution < -0.4 is 15.1 Å². The lowest BCUT2D eigenvalue weighted by Crippen LogP contribution is -2.46. The molecule has 0 radical (unpaired) electrons. The van der Waals surface area contributed by atoms with Gasteiger partial charge in [0, 0.05) is 56.7 Å². The summed E-state index contributed by atoms with van der Waals surface area (Å²) in [7, 11) is 0. The quantitative estimate of drug-likeness (QED) is 0.824. The van der Waals surface area contributed by atoms with Crippen molar-refractivity contribution in [1.82, 2.24) is 14.9 Å². The monoisotopic (exact) mass is 354 g/mol. The van der Waals surface area contributed by atoms with Crippen LogP contribution in [-0.2, 0) is 0 Å². The van der Waals surface area contributed by atoms with Gasteiger partial charge in [-0.2, -0.15) is 0 Å². The number of hydrogen-bond acceptors (Lipinski definition) is 6. The van der Waals surface area contributed by atoms with E-state index >= 15 is 0 Å². The molecule has 6 heteroatoms. The van der Waals surface area contributed by atoms with Gasteiger partial charge >= 0.3 is 0 Å². The SMILES string of the molecule is CCN1CCN(c2cc(Nc3ccc(N(CC)CC)cc3)ncn2)CC1. The largest absolute Gasteiger partial charge is 0.372 e. The highest BCUT2D eigenvalue weighted by molar-refractivity contribution is 5.62. The predicted molar refractivity (Wildman–Crippen MR) is 110 cm³/mol. The van der Waals surface area contributed by atoms with E-state index in [1.54, 1.807) is 6.33 Å². The Morgan fingerprint density at radius 2 is 1.65 bits per heavy atom. The Morgan fingerprint density at radius 1 is 0.962 bits per heavy atom. The molecular formula is C20H30N6. The fraction of sp³-hybridized carbons (Fsp3) is 0.500. The molecule has 1 aliphatic heterocycles. The number of rotatable bonds is 7. The molecule has 6 nitrogen and oxygen atoms in total. The van der Waals surface area contributed by atoms with E-state index in [1.807, 2.05) is 6.07 Å². The van der Waals surface area contributed by atoms with E-state index in [1.165, 1.54) is 5.69 Å². The second-order valence-corrected chi connectivity index (χ2v) is 6.53. The molecule has 0 atom stereocenters. The van der Waals surface area contributed by atoms with Gasteiger partial charge in [0.2, 0.25) is 0 Å². The van der Waals surface area contributed by atoms with E-state index in [2.05, 4.69) is 75.0 Å². The van der Waals surface area contributed by atoms with E-state index in [0.717, 1.165) is 63.1 Å². The number of hydrogen-bond donors (Lipinski definition) is 1. The molecule has 3 rings (SSSR count). The third-order valence-electron chi connectivity index (χ3n) is 5.06. The number of benzene rings is 1.